The van der Waals surface area contributed by atoms with Crippen molar-refractivity contribution in [2.24, 2.45) is 13.0 Å². The zero-order valence-corrected chi connectivity index (χ0v) is 10.3. The summed E-state index contributed by atoms with van der Waals surface area (Å²) in [4.78, 5) is 18.0. The van der Waals surface area contributed by atoms with Crippen LogP contribution in [0.4, 0.5) is 5.82 Å². The molecule has 0 saturated carbocycles. The van der Waals surface area contributed by atoms with Crippen molar-refractivity contribution in [2.45, 2.75) is 18.7 Å². The minimum atomic E-state index is -0.0547. The van der Waals surface area contributed by atoms with E-state index in [1.165, 1.54) is 0 Å². The molecule has 2 atom stereocenters. The maximum absolute atomic E-state index is 11.9. The van der Waals surface area contributed by atoms with Gasteiger partial charge in [-0.15, -0.1) is 11.6 Å². The molecule has 0 spiro atoms. The van der Waals surface area contributed by atoms with Crippen LogP contribution in [-0.4, -0.2) is 28.0 Å². The first kappa shape index (κ1) is 11.5. The average molecular weight is 242 g/mol. The fourth-order valence-electron chi connectivity index (χ4n) is 1.92. The van der Waals surface area contributed by atoms with Crippen LogP contribution in [0.5, 0.6) is 0 Å². The molecule has 0 N–H and O–H groups in total. The van der Waals surface area contributed by atoms with Crippen LogP contribution >= 0.6 is 11.6 Å². The lowest BCUT2D eigenvalue weighted by molar-refractivity contribution is 0.442. The van der Waals surface area contributed by atoms with E-state index in [1.807, 2.05) is 4.90 Å². The summed E-state index contributed by atoms with van der Waals surface area (Å²) in [5, 5.41) is 0.0977. The van der Waals surface area contributed by atoms with Crippen LogP contribution in [0.3, 0.4) is 0 Å². The lowest BCUT2D eigenvalue weighted by Gasteiger charge is -2.34. The Labute approximate surface area is 99.9 Å². The first-order chi connectivity index (χ1) is 7.59. The SMILES string of the molecule is CC1CCN(c2nccn(C)c2=O)CC1Cl. The van der Waals surface area contributed by atoms with E-state index in [2.05, 4.69) is 11.9 Å². The van der Waals surface area contributed by atoms with E-state index in [4.69, 9.17) is 11.6 Å². The van der Waals surface area contributed by atoms with Crippen LogP contribution in [0, 0.1) is 5.92 Å². The van der Waals surface area contributed by atoms with Gasteiger partial charge in [0.1, 0.15) is 0 Å². The highest BCUT2D eigenvalue weighted by Crippen LogP contribution is 2.23. The molecule has 4 nitrogen and oxygen atoms in total. The Hall–Kier alpha value is -1.03. The van der Waals surface area contributed by atoms with Crippen molar-refractivity contribution >= 4 is 17.4 Å². The highest BCUT2D eigenvalue weighted by Gasteiger charge is 2.26. The number of piperidine rings is 1. The molecule has 5 heteroatoms. The third-order valence-electron chi connectivity index (χ3n) is 3.16. The Bertz CT molecular complexity index is 431. The van der Waals surface area contributed by atoms with Gasteiger partial charge in [0.25, 0.3) is 5.56 Å². The Balaban J connectivity index is 2.25. The maximum Gasteiger partial charge on any atom is 0.293 e. The summed E-state index contributed by atoms with van der Waals surface area (Å²) in [6.45, 7) is 3.71. The monoisotopic (exact) mass is 241 g/mol. The zero-order chi connectivity index (χ0) is 11.7. The van der Waals surface area contributed by atoms with Gasteiger partial charge in [-0.2, -0.15) is 0 Å². The Morgan fingerprint density at radius 3 is 3.00 bits per heavy atom. The molecule has 0 radical (unpaired) electrons. The second-order valence-electron chi connectivity index (χ2n) is 4.39. The van der Waals surface area contributed by atoms with E-state index < -0.39 is 0 Å². The van der Waals surface area contributed by atoms with Crippen molar-refractivity contribution in [3.63, 3.8) is 0 Å². The van der Waals surface area contributed by atoms with Crippen molar-refractivity contribution < 1.29 is 0 Å². The second-order valence-corrected chi connectivity index (χ2v) is 4.96. The number of hydrogen-bond acceptors (Lipinski definition) is 3. The van der Waals surface area contributed by atoms with Crippen LogP contribution in [0.15, 0.2) is 17.2 Å². The standard InChI is InChI=1S/C11H16ClN3O/c1-8-3-5-15(7-9(8)12)10-11(16)14(2)6-4-13-10/h4,6,8-9H,3,5,7H2,1-2H3. The second kappa shape index (κ2) is 4.45. The molecule has 88 valence electrons. The number of hydrogen-bond donors (Lipinski definition) is 0. The highest BCUT2D eigenvalue weighted by atomic mass is 35.5. The molecule has 2 heterocycles. The Kier molecular flexibility index (Phi) is 3.19. The molecular formula is C11H16ClN3O. The first-order valence-electron chi connectivity index (χ1n) is 5.50. The molecule has 0 amide bonds. The minimum absolute atomic E-state index is 0.0547. The smallest absolute Gasteiger partial charge is 0.293 e. The molecule has 1 saturated heterocycles. The van der Waals surface area contributed by atoms with Gasteiger partial charge in [0.05, 0.1) is 5.38 Å². The van der Waals surface area contributed by atoms with Gasteiger partial charge >= 0.3 is 0 Å². The van der Waals surface area contributed by atoms with Gasteiger partial charge in [0.2, 0.25) is 0 Å². The molecule has 1 aromatic heterocycles. The largest absolute Gasteiger partial charge is 0.351 e. The Morgan fingerprint density at radius 2 is 2.31 bits per heavy atom. The lowest BCUT2D eigenvalue weighted by atomic mass is 9.99. The normalized spacial score (nSPS) is 25.8. The van der Waals surface area contributed by atoms with E-state index in [1.54, 1.807) is 24.0 Å². The fourth-order valence-corrected chi connectivity index (χ4v) is 2.21. The summed E-state index contributed by atoms with van der Waals surface area (Å²) in [5.41, 5.74) is -0.0547. The quantitative estimate of drug-likeness (QED) is 0.695. The van der Waals surface area contributed by atoms with Crippen LogP contribution in [-0.2, 0) is 7.05 Å². The average Bonchev–Trinajstić information content (AvgIpc) is 2.26. The van der Waals surface area contributed by atoms with Crippen molar-refractivity contribution in [3.05, 3.63) is 22.7 Å². The molecule has 2 unspecified atom stereocenters. The number of anilines is 1. The molecule has 16 heavy (non-hydrogen) atoms. The molecule has 0 aromatic carbocycles. The van der Waals surface area contributed by atoms with Gasteiger partial charge in [-0.1, -0.05) is 6.92 Å². The predicted octanol–water partition coefficient (Wildman–Crippen LogP) is 1.23. The number of nitrogens with zero attached hydrogens (tertiary/aromatic N) is 3. The summed E-state index contributed by atoms with van der Waals surface area (Å²) in [6, 6.07) is 0. The summed E-state index contributed by atoms with van der Waals surface area (Å²) >= 11 is 6.23. The molecular weight excluding hydrogens is 226 g/mol. The van der Waals surface area contributed by atoms with Crippen molar-refractivity contribution in [1.29, 1.82) is 0 Å². The van der Waals surface area contributed by atoms with Crippen molar-refractivity contribution in [1.82, 2.24) is 9.55 Å². The number of aromatic nitrogens is 2. The molecule has 1 fully saturated rings. The summed E-state index contributed by atoms with van der Waals surface area (Å²) in [6.07, 6.45) is 4.32. The van der Waals surface area contributed by atoms with Crippen LogP contribution < -0.4 is 10.5 Å². The number of aryl methyl sites for hydroxylation is 1. The van der Waals surface area contributed by atoms with E-state index >= 15 is 0 Å². The predicted molar refractivity (Wildman–Crippen MR) is 65.1 cm³/mol. The molecule has 1 aliphatic heterocycles. The van der Waals surface area contributed by atoms with E-state index in [0.717, 1.165) is 13.0 Å². The van der Waals surface area contributed by atoms with Crippen molar-refractivity contribution in [2.75, 3.05) is 18.0 Å². The summed E-state index contributed by atoms with van der Waals surface area (Å²) < 4.78 is 1.55. The van der Waals surface area contributed by atoms with Gasteiger partial charge in [-0.05, 0) is 12.3 Å². The van der Waals surface area contributed by atoms with Gasteiger partial charge in [-0.3, -0.25) is 4.79 Å². The third-order valence-corrected chi connectivity index (χ3v) is 3.73. The van der Waals surface area contributed by atoms with Crippen LogP contribution in [0.25, 0.3) is 0 Å². The Morgan fingerprint density at radius 1 is 1.56 bits per heavy atom. The molecule has 1 aliphatic rings. The number of alkyl halides is 1. The van der Waals surface area contributed by atoms with E-state index in [-0.39, 0.29) is 10.9 Å². The van der Waals surface area contributed by atoms with E-state index in [9.17, 15) is 4.79 Å². The molecule has 0 bridgehead atoms. The van der Waals surface area contributed by atoms with Gasteiger partial charge in [0, 0.05) is 32.5 Å². The molecule has 2 rings (SSSR count). The first-order valence-corrected chi connectivity index (χ1v) is 5.94. The van der Waals surface area contributed by atoms with Crippen LogP contribution in [0.1, 0.15) is 13.3 Å². The summed E-state index contributed by atoms with van der Waals surface area (Å²) in [5.74, 6) is 1.02. The van der Waals surface area contributed by atoms with E-state index in [0.29, 0.717) is 18.3 Å². The maximum atomic E-state index is 11.9. The zero-order valence-electron chi connectivity index (χ0n) is 9.56. The highest BCUT2D eigenvalue weighted by molar-refractivity contribution is 6.21. The summed E-state index contributed by atoms with van der Waals surface area (Å²) in [7, 11) is 1.73. The lowest BCUT2D eigenvalue weighted by Crippen LogP contribution is -2.43. The van der Waals surface area contributed by atoms with Gasteiger partial charge in [-0.25, -0.2) is 4.98 Å². The van der Waals surface area contributed by atoms with Crippen LogP contribution in [0.2, 0.25) is 0 Å². The number of halogens is 1. The topological polar surface area (TPSA) is 38.1 Å². The van der Waals surface area contributed by atoms with Gasteiger partial charge < -0.3 is 9.47 Å². The number of rotatable bonds is 1. The minimum Gasteiger partial charge on any atom is -0.351 e. The third kappa shape index (κ3) is 2.07. The van der Waals surface area contributed by atoms with Gasteiger partial charge in [0.15, 0.2) is 5.82 Å². The van der Waals surface area contributed by atoms with Crippen molar-refractivity contribution in [3.8, 4) is 0 Å². The fraction of sp³-hybridized carbons (Fsp3) is 0.636. The molecule has 1 aromatic rings. The molecule has 0 aliphatic carbocycles.